The molecule has 116 heavy (non-hydrogen) atoms. The first-order chi connectivity index (χ1) is 55.2. The van der Waals surface area contributed by atoms with E-state index in [0.29, 0.717) is 13.1 Å². The van der Waals surface area contributed by atoms with Crippen LogP contribution in [-0.4, -0.2) is 122 Å². The van der Waals surface area contributed by atoms with Gasteiger partial charge in [-0.25, -0.2) is 18.4 Å². The number of nitrogens with zero attached hydrogens (tertiary/aromatic N) is 18. The number of unbranched alkanes of at least 4 members (excludes halogenated alkanes) is 6. The van der Waals surface area contributed by atoms with Crippen molar-refractivity contribution in [3.63, 3.8) is 0 Å². The summed E-state index contributed by atoms with van der Waals surface area (Å²) in [6.45, 7) is 22.2. The summed E-state index contributed by atoms with van der Waals surface area (Å²) in [5.41, 5.74) is 9.58. The third-order valence-electron chi connectivity index (χ3n) is 18.4. The molecule has 4 aromatic heterocycles. The van der Waals surface area contributed by atoms with Crippen LogP contribution in [-0.2, 0) is 18.4 Å². The Morgan fingerprint density at radius 3 is 0.966 bits per heavy atom. The van der Waals surface area contributed by atoms with Gasteiger partial charge in [-0.05, 0) is 48.9 Å². The standard InChI is InChI=1S/C16H15N5O2.C15H12N5O2.C8H7N5O2.C7H6Br.C6H4FNO2.C4H9O.6C4H9.C2H4N4.K.2Sn/c1-13-2-4-14(5-3-13)10-20(19-11-17-18-12-19)15-6-8-16(9-7-15)21(22)23;21-20(22)15-8-6-14(7-9-15)19(18-11-16-17-12-18)10-13-4-2-1-3-5-13;14-13(15)8-3-1-7(2-4-8)11-12-5-9-10-6-12;8-6-7-4-2-1-3-5-7;7-5-1-3-6(4-2-5)8(9)10;1-4(2,3)5;6*1-3-4-2;3-6-1-4-5-2-6;;;/h2-9,11-12H,10H2,1H3;2-9,11-12H,10H2;1-6,11H;2-5H,6H2;1-4H;1-3H3;6*1,3-4H2,2H3;1-2H,3H2;;;/q;;;;;-1;;;;;;;;+1;;/i1-1;;;;;;;;;;;;;;;. The third-order valence-corrected chi connectivity index (χ3v) is 50.4. The van der Waals surface area contributed by atoms with E-state index < -0.39 is 62.9 Å². The second-order valence-electron chi connectivity index (χ2n) is 28.6. The van der Waals surface area contributed by atoms with Crippen molar-refractivity contribution in [3.05, 3.63) is 289 Å². The molecule has 0 fully saturated rings. The van der Waals surface area contributed by atoms with E-state index in [4.69, 9.17) is 5.84 Å². The maximum Gasteiger partial charge on any atom is 1.00 e. The number of alkyl halides is 1. The zero-order valence-corrected chi connectivity index (χ0v) is 79.1. The average molecular weight is 1900 g/mol. The van der Waals surface area contributed by atoms with Gasteiger partial charge in [-0.2, -0.15) is 0 Å². The average Bonchev–Trinajstić information content (AvgIpc) is 1.16. The normalized spacial score (nSPS) is 10.7. The van der Waals surface area contributed by atoms with Gasteiger partial charge in [0.25, 0.3) is 17.1 Å². The number of aryl methyl sites for hydroxylation is 1. The van der Waals surface area contributed by atoms with Crippen molar-refractivity contribution in [2.45, 2.75) is 197 Å². The number of nitro benzene ring substituents is 4. The first kappa shape index (κ1) is 99.9. The molecule has 0 spiro atoms. The summed E-state index contributed by atoms with van der Waals surface area (Å²) in [6, 6.07) is 50.8. The van der Waals surface area contributed by atoms with E-state index in [-0.39, 0.29) is 79.1 Å². The van der Waals surface area contributed by atoms with Gasteiger partial charge in [-0.1, -0.05) is 50.6 Å². The molecule has 0 bridgehead atoms. The van der Waals surface area contributed by atoms with Crippen LogP contribution in [0.15, 0.2) is 220 Å². The fraction of sp³-hybridized carbons (Fsp3) is 0.390. The van der Waals surface area contributed by atoms with Gasteiger partial charge < -0.3 is 10.9 Å². The van der Waals surface area contributed by atoms with Gasteiger partial charge in [0.05, 0.1) is 32.7 Å². The largest absolute Gasteiger partial charge is 1.00 e. The van der Waals surface area contributed by atoms with Crippen LogP contribution in [0.4, 0.5) is 44.2 Å². The molecule has 4 heterocycles. The molecule has 11 rings (SSSR count). The van der Waals surface area contributed by atoms with Crippen LogP contribution < -0.4 is 84.9 Å². The molecule has 29 nitrogen and oxygen atoms in total. The van der Waals surface area contributed by atoms with Crippen molar-refractivity contribution in [1.29, 1.82) is 0 Å². The molecule has 0 radical (unpaired) electrons. The van der Waals surface area contributed by atoms with Crippen molar-refractivity contribution < 1.29 is 80.6 Å². The van der Waals surface area contributed by atoms with Crippen LogP contribution in [0, 0.1) is 53.2 Å². The molecule has 0 unspecified atom stereocenters. The number of anilines is 3. The predicted octanol–water partition coefficient (Wildman–Crippen LogP) is 15.3. The van der Waals surface area contributed by atoms with Gasteiger partial charge in [0.1, 0.15) is 43.8 Å². The van der Waals surface area contributed by atoms with Crippen LogP contribution >= 0.6 is 15.9 Å². The topological polar surface area (TPSA) is 363 Å². The number of hydrogen-bond donors (Lipinski definition) is 2. The molecule has 0 saturated carbocycles. The van der Waals surface area contributed by atoms with Crippen LogP contribution in [0.5, 0.6) is 0 Å². The van der Waals surface area contributed by atoms with E-state index in [1.807, 2.05) is 21.6 Å². The van der Waals surface area contributed by atoms with Gasteiger partial charge in [-0.3, -0.25) is 40.8 Å². The Kier molecular flexibility index (Phi) is 46.9. The Balaban J connectivity index is 0.000000307. The SMILES string of the molecule is CC(C)(C)[O-].CCC[CH2][Sn]([CH2]CCC)([CH2]CCC)[c]1ccc(CBr)cc1.CCC[CH2][Sn]([CH2]CCC)([CH2]CCC)[c]1ccc(CN(c2ccc([N+](=O)[O-])cc2)n2cnnc2)cc1.Nn1cnnc1.O=[N+]([O-])c1ccc(F)cc1.O=[N+]([O-])c1ccc(Nn2cnnc2)cc1.[11CH3]c1ccc(CN(c2ccc([N+](=O)[O-])cc2)n2cnnc2)cc1.[K+]. The molecule has 3 N–H and O–H groups in total. The maximum absolute atomic E-state index is 12.1. The minimum Gasteiger partial charge on any atom is -0.337 e. The number of rotatable bonds is 35. The number of hydrogen-bond acceptors (Lipinski definition) is 21. The molecule has 0 aliphatic rings. The van der Waals surface area contributed by atoms with E-state index in [1.165, 1.54) is 173 Å². The Morgan fingerprint density at radius 1 is 0.422 bits per heavy atom. The van der Waals surface area contributed by atoms with E-state index in [9.17, 15) is 50.0 Å². The van der Waals surface area contributed by atoms with Crippen LogP contribution in [0.1, 0.15) is 162 Å². The molecule has 616 valence electrons. The molecule has 7 aromatic carbocycles. The molecule has 0 saturated heterocycles. The van der Waals surface area contributed by atoms with Crippen LogP contribution in [0.2, 0.25) is 26.6 Å². The molecule has 11 aromatic rings. The van der Waals surface area contributed by atoms with E-state index in [0.717, 1.165) is 52.2 Å². The Labute approximate surface area is 739 Å². The van der Waals surface area contributed by atoms with Gasteiger partial charge in [0, 0.05) is 36.4 Å². The number of non-ortho nitro benzene ring substituents is 4. The Hall–Kier alpha value is -8.50. The summed E-state index contributed by atoms with van der Waals surface area (Å²) >= 11 is -1.04. The number of nitrogen functional groups attached to an aromatic ring is 1. The maximum atomic E-state index is 12.1. The minimum absolute atomic E-state index is 0. The number of aromatic nitrogens is 12. The number of nitro groups is 4. The zero-order chi connectivity index (χ0) is 84.0. The second-order valence-corrected chi connectivity index (χ2v) is 55.6. The number of benzene rings is 7. The van der Waals surface area contributed by atoms with E-state index in [2.05, 4.69) is 176 Å². The predicted molar refractivity (Wildman–Crippen MR) is 460 cm³/mol. The van der Waals surface area contributed by atoms with E-state index >= 15 is 0 Å². The summed E-state index contributed by atoms with van der Waals surface area (Å²) in [4.78, 5) is 40.5. The van der Waals surface area contributed by atoms with E-state index in [1.54, 1.807) is 112 Å². The number of nitrogens with two attached hydrogens (primary N) is 1. The van der Waals surface area contributed by atoms with Gasteiger partial charge >= 0.3 is 411 Å². The van der Waals surface area contributed by atoms with Crippen molar-refractivity contribution in [2.24, 2.45) is 0 Å². The van der Waals surface area contributed by atoms with Crippen molar-refractivity contribution in [2.75, 3.05) is 21.3 Å². The first-order valence-electron chi connectivity index (χ1n) is 38.8. The molecular weight excluding hydrogens is 1780 g/mol. The molecule has 0 aliphatic carbocycles. The molecule has 0 atom stereocenters. The fourth-order valence-electron chi connectivity index (χ4n) is 12.2. The fourth-order valence-corrected chi connectivity index (χ4v) is 44.5. The smallest absolute Gasteiger partial charge is 0.337 e. The first-order valence-corrected chi connectivity index (χ1v) is 54.9. The second kappa shape index (κ2) is 54.5. The molecule has 0 amide bonds. The Morgan fingerprint density at radius 2 is 0.690 bits per heavy atom. The number of nitrogens with one attached hydrogen (secondary N) is 1. The van der Waals surface area contributed by atoms with Crippen molar-refractivity contribution in [1.82, 2.24) is 59.5 Å². The Bertz CT molecular complexity index is 4420. The van der Waals surface area contributed by atoms with Crippen molar-refractivity contribution in [3.8, 4) is 0 Å². The quantitative estimate of drug-likeness (QED) is 0.0122. The summed E-state index contributed by atoms with van der Waals surface area (Å²) < 4.78 is 31.1. The van der Waals surface area contributed by atoms with Crippen LogP contribution in [0.3, 0.4) is 0 Å². The number of halogens is 2. The van der Waals surface area contributed by atoms with Gasteiger partial charge in [-0.15, -0.1) is 36.2 Å². The van der Waals surface area contributed by atoms with Gasteiger partial charge in [0.15, 0.2) is 0 Å². The molecular formula is C82H111BrFKN20O9Sn2. The van der Waals surface area contributed by atoms with Crippen molar-refractivity contribution >= 4 is 99.7 Å². The summed E-state index contributed by atoms with van der Waals surface area (Å²) in [5, 5.41) is 86.9. The minimum atomic E-state index is -2.45. The monoisotopic (exact) mass is 1900 g/mol. The zero-order valence-electron chi connectivity index (χ0n) is 68.7. The molecule has 0 aliphatic heterocycles. The summed E-state index contributed by atoms with van der Waals surface area (Å²) in [7, 11) is 0. The summed E-state index contributed by atoms with van der Waals surface area (Å²) in [5.74, 6) is 4.60. The van der Waals surface area contributed by atoms with Gasteiger partial charge in [0.2, 0.25) is 0 Å². The van der Waals surface area contributed by atoms with Crippen LogP contribution in [0.25, 0.3) is 0 Å². The molecule has 34 heteroatoms. The summed E-state index contributed by atoms with van der Waals surface area (Å²) in [6.07, 6.45) is 28.6. The third kappa shape index (κ3) is 36.6.